The maximum atomic E-state index is 12.7. The van der Waals surface area contributed by atoms with E-state index >= 15 is 0 Å². The van der Waals surface area contributed by atoms with E-state index in [-0.39, 0.29) is 29.5 Å². The van der Waals surface area contributed by atoms with Crippen LogP contribution in [0.1, 0.15) is 115 Å². The fraction of sp³-hybridized carbons (Fsp3) is 0.559. The summed E-state index contributed by atoms with van der Waals surface area (Å²) in [6, 6.07) is 18.2. The maximum absolute atomic E-state index is 12.7. The van der Waals surface area contributed by atoms with E-state index < -0.39 is 0 Å². The molecule has 1 heterocycles. The molecule has 0 aliphatic rings. The lowest BCUT2D eigenvalue weighted by atomic mass is 10.0. The average Bonchev–Trinajstić information content (AvgIpc) is 3.31. The van der Waals surface area contributed by atoms with Gasteiger partial charge in [-0.1, -0.05) is 146 Å². The maximum Gasteiger partial charge on any atom is 0.383 e. The van der Waals surface area contributed by atoms with Crippen molar-refractivity contribution in [2.45, 2.75) is 116 Å². The molecular formula is C34H49BrN2O2S. The van der Waals surface area contributed by atoms with Gasteiger partial charge in [-0.05, 0) is 34.9 Å². The van der Waals surface area contributed by atoms with Crippen LogP contribution in [0.15, 0.2) is 59.6 Å². The summed E-state index contributed by atoms with van der Waals surface area (Å²) in [4.78, 5) is 17.3. The summed E-state index contributed by atoms with van der Waals surface area (Å²) in [5, 5.41) is 0.805. The minimum absolute atomic E-state index is 0. The van der Waals surface area contributed by atoms with Crippen molar-refractivity contribution in [3.05, 3.63) is 60.2 Å². The van der Waals surface area contributed by atoms with Gasteiger partial charge >= 0.3 is 11.1 Å². The molecule has 0 bridgehead atoms. The van der Waals surface area contributed by atoms with Crippen LogP contribution in [0.5, 0.6) is 0 Å². The number of halogens is 1. The molecule has 0 N–H and O–H groups in total. The molecule has 0 amide bonds. The normalized spacial score (nSPS) is 11.2. The van der Waals surface area contributed by atoms with Crippen molar-refractivity contribution < 1.29 is 31.1 Å². The predicted molar refractivity (Wildman–Crippen MR) is 166 cm³/mol. The molecule has 0 atom stereocenters. The standard InChI is InChI=1S/C34H49N2O2S.BrH/c1-2-3-4-5-6-7-8-9-10-11-12-13-14-15-16-22-27-38-33(37)29-36-31-25-20-21-26-32(31)39-34(36)35-28-30-23-18-17-19-24-30;/h17-21,23-26,28H,2-16,22,27,29H2,1H3;1H/q+1;/p-1. The molecule has 0 radical (unpaired) electrons. The van der Waals surface area contributed by atoms with Crippen molar-refractivity contribution in [3.8, 4) is 0 Å². The molecule has 2 aromatic carbocycles. The Hall–Kier alpha value is -2.05. The Morgan fingerprint density at radius 2 is 1.27 bits per heavy atom. The SMILES string of the molecule is CCCCCCCCCCCCCCCCCCOC(=O)C[n+]1c(N=Cc2ccccc2)sc2ccccc21.[Br-]. The lowest BCUT2D eigenvalue weighted by Crippen LogP contribution is -3.00. The van der Waals surface area contributed by atoms with Gasteiger partial charge in [0, 0.05) is 5.56 Å². The lowest BCUT2D eigenvalue weighted by Gasteiger charge is -2.05. The summed E-state index contributed by atoms with van der Waals surface area (Å²) in [5.41, 5.74) is 2.05. The molecule has 0 saturated heterocycles. The number of rotatable bonds is 21. The minimum Gasteiger partial charge on any atom is -1.00 e. The summed E-state index contributed by atoms with van der Waals surface area (Å²) in [5.74, 6) is -0.194. The largest absolute Gasteiger partial charge is 1.00 e. The highest BCUT2D eigenvalue weighted by Crippen LogP contribution is 2.26. The first kappa shape index (κ1) is 34.2. The van der Waals surface area contributed by atoms with Crippen molar-refractivity contribution in [2.75, 3.05) is 6.61 Å². The van der Waals surface area contributed by atoms with E-state index in [2.05, 4.69) is 13.0 Å². The second kappa shape index (κ2) is 21.7. The van der Waals surface area contributed by atoms with Crippen LogP contribution in [0.4, 0.5) is 5.13 Å². The van der Waals surface area contributed by atoms with Gasteiger partial charge < -0.3 is 21.7 Å². The van der Waals surface area contributed by atoms with E-state index in [4.69, 9.17) is 9.73 Å². The van der Waals surface area contributed by atoms with Crippen LogP contribution in [-0.2, 0) is 16.1 Å². The number of aliphatic imine (C=N–C) groups is 1. The summed E-state index contributed by atoms with van der Waals surface area (Å²) >= 11 is 1.59. The number of nitrogens with zero attached hydrogens (tertiary/aromatic N) is 2. The fourth-order valence-corrected chi connectivity index (χ4v) is 5.96. The van der Waals surface area contributed by atoms with Crippen LogP contribution in [0.25, 0.3) is 10.2 Å². The number of aromatic nitrogens is 1. The Bertz CT molecular complexity index is 1100. The number of esters is 1. The minimum atomic E-state index is -0.194. The van der Waals surface area contributed by atoms with Crippen molar-refractivity contribution in [1.29, 1.82) is 0 Å². The first-order chi connectivity index (χ1) is 19.3. The quantitative estimate of drug-likeness (QED) is 0.0567. The molecule has 1 aromatic heterocycles. The van der Waals surface area contributed by atoms with Crippen LogP contribution in [0.3, 0.4) is 0 Å². The van der Waals surface area contributed by atoms with Crippen LogP contribution < -0.4 is 21.5 Å². The Balaban J connectivity index is 0.00000560. The first-order valence-corrected chi connectivity index (χ1v) is 16.3. The summed E-state index contributed by atoms with van der Waals surface area (Å²) in [7, 11) is 0. The highest BCUT2D eigenvalue weighted by molar-refractivity contribution is 7.21. The third kappa shape index (κ3) is 13.5. The molecule has 0 aliphatic carbocycles. The molecule has 40 heavy (non-hydrogen) atoms. The van der Waals surface area contributed by atoms with E-state index in [9.17, 15) is 4.79 Å². The third-order valence-electron chi connectivity index (χ3n) is 7.26. The number of hydrogen-bond donors (Lipinski definition) is 0. The Morgan fingerprint density at radius 3 is 1.88 bits per heavy atom. The molecular weight excluding hydrogens is 580 g/mol. The van der Waals surface area contributed by atoms with Gasteiger partial charge in [0.05, 0.1) is 11.3 Å². The monoisotopic (exact) mass is 628 g/mol. The second-order valence-corrected chi connectivity index (χ2v) is 11.6. The Labute approximate surface area is 257 Å². The van der Waals surface area contributed by atoms with Gasteiger partial charge in [-0.15, -0.1) is 0 Å². The number of carbonyl (C=O) groups is 1. The van der Waals surface area contributed by atoms with Crippen LogP contribution in [0, 0.1) is 0 Å². The van der Waals surface area contributed by atoms with E-state index in [1.807, 2.05) is 59.3 Å². The molecule has 4 nitrogen and oxygen atoms in total. The van der Waals surface area contributed by atoms with Gasteiger partial charge in [-0.25, -0.2) is 9.36 Å². The van der Waals surface area contributed by atoms with Crippen LogP contribution in [-0.4, -0.2) is 18.8 Å². The highest BCUT2D eigenvalue weighted by atomic mass is 79.9. The molecule has 0 saturated carbocycles. The van der Waals surface area contributed by atoms with E-state index in [1.54, 1.807) is 11.3 Å². The van der Waals surface area contributed by atoms with E-state index in [1.165, 1.54) is 89.9 Å². The number of unbranched alkanes of at least 4 members (excludes halogenated alkanes) is 15. The third-order valence-corrected chi connectivity index (χ3v) is 8.33. The molecule has 6 heteroatoms. The number of carbonyl (C=O) groups excluding carboxylic acids is 1. The molecule has 0 aliphatic heterocycles. The van der Waals surface area contributed by atoms with E-state index in [0.717, 1.165) is 33.8 Å². The van der Waals surface area contributed by atoms with Gasteiger partial charge in [-0.3, -0.25) is 0 Å². The van der Waals surface area contributed by atoms with Gasteiger partial charge in [0.2, 0.25) is 0 Å². The number of benzene rings is 2. The van der Waals surface area contributed by atoms with Gasteiger partial charge in [0.1, 0.15) is 11.7 Å². The van der Waals surface area contributed by atoms with Gasteiger partial charge in [-0.2, -0.15) is 0 Å². The molecule has 220 valence electrons. The van der Waals surface area contributed by atoms with E-state index in [0.29, 0.717) is 6.61 Å². The molecule has 3 aromatic rings. The second-order valence-electron chi connectivity index (χ2n) is 10.6. The van der Waals surface area contributed by atoms with Crippen molar-refractivity contribution >= 4 is 38.9 Å². The van der Waals surface area contributed by atoms with Crippen LogP contribution >= 0.6 is 11.3 Å². The number of para-hydroxylation sites is 1. The van der Waals surface area contributed by atoms with Crippen LogP contribution in [0.2, 0.25) is 0 Å². The van der Waals surface area contributed by atoms with Crippen molar-refractivity contribution in [2.24, 2.45) is 4.99 Å². The number of thiazole rings is 1. The van der Waals surface area contributed by atoms with Gasteiger partial charge in [0.15, 0.2) is 6.54 Å². The molecule has 0 spiro atoms. The van der Waals surface area contributed by atoms with Crippen molar-refractivity contribution in [1.82, 2.24) is 0 Å². The Morgan fingerprint density at radius 1 is 0.750 bits per heavy atom. The topological polar surface area (TPSA) is 42.5 Å². The summed E-state index contributed by atoms with van der Waals surface area (Å²) < 4.78 is 8.68. The zero-order valence-electron chi connectivity index (χ0n) is 24.5. The van der Waals surface area contributed by atoms with Crippen molar-refractivity contribution in [3.63, 3.8) is 0 Å². The smallest absolute Gasteiger partial charge is 0.383 e. The predicted octanol–water partition coefficient (Wildman–Crippen LogP) is 6.75. The lowest BCUT2D eigenvalue weighted by molar-refractivity contribution is -0.643. The zero-order chi connectivity index (χ0) is 27.4. The highest BCUT2D eigenvalue weighted by Gasteiger charge is 2.21. The Kier molecular flexibility index (Phi) is 18.5. The first-order valence-electron chi connectivity index (χ1n) is 15.4. The van der Waals surface area contributed by atoms with Gasteiger partial charge in [0.25, 0.3) is 0 Å². The zero-order valence-corrected chi connectivity index (χ0v) is 26.9. The number of fused-ring (bicyclic) bond motifs is 1. The summed E-state index contributed by atoms with van der Waals surface area (Å²) in [6.07, 6.45) is 23.3. The number of hydrogen-bond acceptors (Lipinski definition) is 4. The summed E-state index contributed by atoms with van der Waals surface area (Å²) in [6.45, 7) is 2.97. The molecule has 0 fully saturated rings. The average molecular weight is 630 g/mol. The molecule has 0 unspecified atom stereocenters. The fourth-order valence-electron chi connectivity index (χ4n) is 4.95. The number of ether oxygens (including phenoxy) is 1. The molecule has 3 rings (SSSR count).